The summed E-state index contributed by atoms with van der Waals surface area (Å²) in [4.78, 5) is 11.3. The van der Waals surface area contributed by atoms with Crippen LogP contribution in [0.4, 0.5) is 0 Å². The Morgan fingerprint density at radius 1 is 0.413 bits per heavy atom. The molecule has 63 heavy (non-hydrogen) atoms. The Balaban J connectivity index is 1.17. The fourth-order valence-electron chi connectivity index (χ4n) is 10.2. The van der Waals surface area contributed by atoms with Crippen LogP contribution in [0.5, 0.6) is 0 Å². The maximum absolute atomic E-state index is 6.57. The molecule has 10 aromatic rings. The van der Waals surface area contributed by atoms with Crippen LogP contribution in [0.15, 0.2) is 251 Å². The Bertz CT molecular complexity index is 3410. The summed E-state index contributed by atoms with van der Waals surface area (Å²) in [6.07, 6.45) is 0. The molecule has 0 radical (unpaired) electrons. The van der Waals surface area contributed by atoms with Gasteiger partial charge < -0.3 is 4.42 Å². The molecule has 0 saturated heterocycles. The van der Waals surface area contributed by atoms with Gasteiger partial charge in [-0.05, 0) is 84.0 Å². The molecule has 12 rings (SSSR count). The van der Waals surface area contributed by atoms with Crippen molar-refractivity contribution < 1.29 is 4.42 Å². The highest BCUT2D eigenvalue weighted by Gasteiger charge is 2.49. The minimum Gasteiger partial charge on any atom is -0.456 e. The lowest BCUT2D eigenvalue weighted by Crippen LogP contribution is -2.72. The Morgan fingerprint density at radius 2 is 0.968 bits per heavy atom. The summed E-state index contributed by atoms with van der Waals surface area (Å²) >= 11 is 0. The Morgan fingerprint density at radius 3 is 1.63 bits per heavy atom. The van der Waals surface area contributed by atoms with Crippen LogP contribution in [0.3, 0.4) is 0 Å². The quantitative estimate of drug-likeness (QED) is 0.148. The lowest BCUT2D eigenvalue weighted by Gasteiger charge is -2.33. The highest BCUT2D eigenvalue weighted by atomic mass is 28.3. The zero-order chi connectivity index (χ0) is 41.9. The van der Waals surface area contributed by atoms with Crippen LogP contribution in [-0.4, -0.2) is 19.6 Å². The molecule has 0 saturated carbocycles. The van der Waals surface area contributed by atoms with Gasteiger partial charge in [0.25, 0.3) is 0 Å². The van der Waals surface area contributed by atoms with E-state index in [0.717, 1.165) is 72.2 Å². The van der Waals surface area contributed by atoms with Crippen LogP contribution in [-0.2, 0) is 0 Å². The summed E-state index contributed by atoms with van der Waals surface area (Å²) in [7, 11) is -2.85. The molecule has 4 heteroatoms. The second-order valence-corrected chi connectivity index (χ2v) is 20.2. The summed E-state index contributed by atoms with van der Waals surface area (Å²) in [5, 5.41) is 7.61. The van der Waals surface area contributed by atoms with Gasteiger partial charge >= 0.3 is 0 Å². The van der Waals surface area contributed by atoms with Gasteiger partial charge in [0.2, 0.25) is 0 Å². The predicted molar refractivity (Wildman–Crippen MR) is 265 cm³/mol. The Labute approximate surface area is 367 Å². The first-order valence-electron chi connectivity index (χ1n) is 21.5. The molecule has 0 fully saturated rings. The number of para-hydroxylation sites is 1. The second-order valence-electron chi connectivity index (χ2n) is 16.4. The molecule has 0 aliphatic carbocycles. The molecule has 3 heterocycles. The normalized spacial score (nSPS) is 15.2. The smallest absolute Gasteiger partial charge is 0.180 e. The third kappa shape index (κ3) is 5.87. The standard InChI is InChI=1S/C59H40N2OSi/c1-39-57(42-25-11-4-12-26-42)60-59(52-37-54-49(45-31-17-19-33-53(45)62-54)35-48(52)41-23-9-3-10-24-41)61-58(39)51-38-56-50(36-47(51)40-21-7-2-8-22-40)46-32-18-20-34-55(46)63(56,43-27-13-5-14-28-43)44-29-15-6-16-30-44/h2-38,58H,1H2. The van der Waals surface area contributed by atoms with Crippen molar-refractivity contribution in [2.45, 2.75) is 6.04 Å². The molecule has 9 aromatic carbocycles. The zero-order valence-electron chi connectivity index (χ0n) is 34.4. The first kappa shape index (κ1) is 36.9. The van der Waals surface area contributed by atoms with E-state index in [2.05, 4.69) is 206 Å². The SMILES string of the molecule is C=C1C(c2ccccc2)=NC(c2cc3oc4ccccc4c3cc2-c2ccccc2)=NC1c1cc2c(cc1-c1ccccc1)-c1ccccc1[Si]2(c1ccccc1)c1ccccc1. The maximum atomic E-state index is 6.57. The molecule has 1 unspecified atom stereocenters. The van der Waals surface area contributed by atoms with E-state index in [1.165, 1.54) is 31.9 Å². The van der Waals surface area contributed by atoms with E-state index in [4.69, 9.17) is 21.0 Å². The number of hydrogen-bond donors (Lipinski definition) is 0. The topological polar surface area (TPSA) is 37.9 Å². The summed E-state index contributed by atoms with van der Waals surface area (Å²) < 4.78 is 6.57. The average Bonchev–Trinajstić information content (AvgIpc) is 3.87. The largest absolute Gasteiger partial charge is 0.456 e. The van der Waals surface area contributed by atoms with Crippen molar-refractivity contribution in [3.05, 3.63) is 253 Å². The number of fused-ring (bicyclic) bond motifs is 6. The van der Waals surface area contributed by atoms with Gasteiger partial charge in [0, 0.05) is 27.5 Å². The van der Waals surface area contributed by atoms with Crippen molar-refractivity contribution in [3.63, 3.8) is 0 Å². The van der Waals surface area contributed by atoms with Crippen LogP contribution >= 0.6 is 0 Å². The molecule has 3 nitrogen and oxygen atoms in total. The van der Waals surface area contributed by atoms with E-state index in [-0.39, 0.29) is 0 Å². The van der Waals surface area contributed by atoms with Gasteiger partial charge in [0.15, 0.2) is 13.9 Å². The second kappa shape index (κ2) is 14.9. The summed E-state index contributed by atoms with van der Waals surface area (Å²) in [5.74, 6) is 0.643. The number of rotatable bonds is 7. The maximum Gasteiger partial charge on any atom is 0.180 e. The van der Waals surface area contributed by atoms with Crippen molar-refractivity contribution in [2.24, 2.45) is 9.98 Å². The van der Waals surface area contributed by atoms with E-state index in [1.54, 1.807) is 0 Å². The van der Waals surface area contributed by atoms with Gasteiger partial charge in [-0.25, -0.2) is 4.99 Å². The third-order valence-corrected chi connectivity index (χ3v) is 17.9. The lowest BCUT2D eigenvalue weighted by molar-refractivity contribution is 0.669. The molecule has 296 valence electrons. The van der Waals surface area contributed by atoms with E-state index in [1.807, 2.05) is 18.2 Å². The molecule has 2 aliphatic heterocycles. The highest BCUT2D eigenvalue weighted by molar-refractivity contribution is 7.22. The number of hydrogen-bond acceptors (Lipinski definition) is 3. The van der Waals surface area contributed by atoms with Crippen molar-refractivity contribution in [2.75, 3.05) is 0 Å². The zero-order valence-corrected chi connectivity index (χ0v) is 35.4. The van der Waals surface area contributed by atoms with Gasteiger partial charge in [0.1, 0.15) is 17.2 Å². The van der Waals surface area contributed by atoms with Crippen LogP contribution < -0.4 is 20.7 Å². The fraction of sp³-hybridized carbons (Fsp3) is 0.0169. The van der Waals surface area contributed by atoms with Crippen molar-refractivity contribution in [1.29, 1.82) is 0 Å². The molecule has 2 aliphatic rings. The minimum atomic E-state index is -2.85. The highest BCUT2D eigenvalue weighted by Crippen LogP contribution is 2.43. The van der Waals surface area contributed by atoms with Gasteiger partial charge in [-0.1, -0.05) is 207 Å². The predicted octanol–water partition coefficient (Wildman–Crippen LogP) is 11.8. The first-order valence-corrected chi connectivity index (χ1v) is 23.5. The lowest BCUT2D eigenvalue weighted by atomic mass is 9.85. The molecule has 0 amide bonds. The molecule has 0 spiro atoms. The summed E-state index contributed by atoms with van der Waals surface area (Å²) in [6.45, 7) is 4.89. The molecule has 0 bridgehead atoms. The van der Waals surface area contributed by atoms with Gasteiger partial charge in [-0.3, -0.25) is 4.99 Å². The molecule has 1 atom stereocenters. The van der Waals surface area contributed by atoms with Gasteiger partial charge in [0.05, 0.1) is 5.71 Å². The minimum absolute atomic E-state index is 0.467. The Kier molecular flexibility index (Phi) is 8.73. The van der Waals surface area contributed by atoms with Crippen molar-refractivity contribution >= 4 is 62.3 Å². The number of aliphatic imine (C=N–C) groups is 2. The average molecular weight is 821 g/mol. The number of nitrogens with zero attached hydrogens (tertiary/aromatic N) is 2. The van der Waals surface area contributed by atoms with Crippen LogP contribution in [0.25, 0.3) is 55.3 Å². The van der Waals surface area contributed by atoms with E-state index < -0.39 is 14.1 Å². The molecular formula is C59H40N2OSi. The summed E-state index contributed by atoms with van der Waals surface area (Å²) in [6, 6.07) is 80.4. The Hall–Kier alpha value is -7.92. The van der Waals surface area contributed by atoms with E-state index in [9.17, 15) is 0 Å². The van der Waals surface area contributed by atoms with Crippen molar-refractivity contribution in [1.82, 2.24) is 0 Å². The number of furan rings is 1. The monoisotopic (exact) mass is 820 g/mol. The fourth-order valence-corrected chi connectivity index (χ4v) is 15.4. The van der Waals surface area contributed by atoms with Crippen LogP contribution in [0, 0.1) is 0 Å². The van der Waals surface area contributed by atoms with Gasteiger partial charge in [-0.2, -0.15) is 0 Å². The molecular weight excluding hydrogens is 781 g/mol. The van der Waals surface area contributed by atoms with Crippen LogP contribution in [0.2, 0.25) is 0 Å². The summed E-state index contributed by atoms with van der Waals surface area (Å²) in [5.41, 5.74) is 13.3. The third-order valence-electron chi connectivity index (χ3n) is 13.0. The van der Waals surface area contributed by atoms with Crippen molar-refractivity contribution in [3.8, 4) is 33.4 Å². The van der Waals surface area contributed by atoms with Gasteiger partial charge in [-0.15, -0.1) is 0 Å². The van der Waals surface area contributed by atoms with Crippen LogP contribution in [0.1, 0.15) is 22.7 Å². The van der Waals surface area contributed by atoms with E-state index >= 15 is 0 Å². The molecule has 1 aromatic heterocycles. The first-order chi connectivity index (χ1) is 31.2. The van der Waals surface area contributed by atoms with E-state index in [0.29, 0.717) is 5.84 Å². The molecule has 0 N–H and O–H groups in total. The number of amidine groups is 1. The number of benzene rings is 9.